The van der Waals surface area contributed by atoms with Crippen molar-refractivity contribution in [1.29, 1.82) is 0 Å². The summed E-state index contributed by atoms with van der Waals surface area (Å²) in [7, 11) is 1.54. The van der Waals surface area contributed by atoms with Gasteiger partial charge in [-0.05, 0) is 54.5 Å². The van der Waals surface area contributed by atoms with Gasteiger partial charge in [0, 0.05) is 5.56 Å². The highest BCUT2D eigenvalue weighted by molar-refractivity contribution is 5.37. The Kier molecular flexibility index (Phi) is 3.93. The number of hydrogen-bond acceptors (Lipinski definition) is 2. The van der Waals surface area contributed by atoms with Crippen LogP contribution in [0.3, 0.4) is 0 Å². The molecule has 0 heterocycles. The maximum absolute atomic E-state index is 13.5. The summed E-state index contributed by atoms with van der Waals surface area (Å²) < 4.78 is 18.7. The number of benzene rings is 2. The molecule has 0 bridgehead atoms. The van der Waals surface area contributed by atoms with Crippen molar-refractivity contribution >= 4 is 0 Å². The number of hydrogen-bond donors (Lipinski definition) is 1. The van der Waals surface area contributed by atoms with Crippen LogP contribution in [-0.4, -0.2) is 12.2 Å². The fourth-order valence-corrected chi connectivity index (χ4v) is 3.19. The molecule has 0 aliphatic heterocycles. The van der Waals surface area contributed by atoms with Crippen molar-refractivity contribution in [3.8, 4) is 5.75 Å². The van der Waals surface area contributed by atoms with Crippen LogP contribution in [0.2, 0.25) is 0 Å². The average molecular weight is 286 g/mol. The van der Waals surface area contributed by atoms with Gasteiger partial charge in [0.05, 0.1) is 13.2 Å². The predicted molar refractivity (Wildman–Crippen MR) is 79.9 cm³/mol. The number of rotatable bonds is 3. The molecule has 2 atom stereocenters. The minimum atomic E-state index is -0.705. The molecule has 3 rings (SSSR count). The molecule has 110 valence electrons. The number of aliphatic hydroxyl groups is 1. The van der Waals surface area contributed by atoms with E-state index < -0.39 is 6.10 Å². The number of ether oxygens (including phenoxy) is 1. The monoisotopic (exact) mass is 286 g/mol. The van der Waals surface area contributed by atoms with E-state index in [4.69, 9.17) is 4.74 Å². The highest BCUT2D eigenvalue weighted by Crippen LogP contribution is 2.37. The van der Waals surface area contributed by atoms with Gasteiger partial charge < -0.3 is 9.84 Å². The van der Waals surface area contributed by atoms with Crippen LogP contribution in [0.1, 0.15) is 29.2 Å². The molecule has 0 saturated carbocycles. The van der Waals surface area contributed by atoms with Crippen molar-refractivity contribution in [3.63, 3.8) is 0 Å². The van der Waals surface area contributed by atoms with Crippen molar-refractivity contribution in [2.45, 2.75) is 25.4 Å². The fraction of sp³-hybridized carbons (Fsp3) is 0.333. The Balaban J connectivity index is 1.87. The van der Waals surface area contributed by atoms with E-state index in [2.05, 4.69) is 12.1 Å². The summed E-state index contributed by atoms with van der Waals surface area (Å²) >= 11 is 0. The second-order valence-electron chi connectivity index (χ2n) is 5.60. The topological polar surface area (TPSA) is 29.5 Å². The number of fused-ring (bicyclic) bond motifs is 1. The third-order valence-electron chi connectivity index (χ3n) is 4.34. The highest BCUT2D eigenvalue weighted by Gasteiger charge is 2.28. The van der Waals surface area contributed by atoms with Crippen molar-refractivity contribution in [3.05, 3.63) is 65.0 Å². The summed E-state index contributed by atoms with van der Waals surface area (Å²) in [6.45, 7) is 0. The molecule has 0 fully saturated rings. The van der Waals surface area contributed by atoms with Crippen LogP contribution in [0.4, 0.5) is 4.39 Å². The van der Waals surface area contributed by atoms with Gasteiger partial charge in [0.15, 0.2) is 0 Å². The van der Waals surface area contributed by atoms with Gasteiger partial charge in [0.25, 0.3) is 0 Å². The smallest absolute Gasteiger partial charge is 0.124 e. The van der Waals surface area contributed by atoms with Crippen molar-refractivity contribution in [2.24, 2.45) is 5.92 Å². The Morgan fingerprint density at radius 1 is 1.19 bits per heavy atom. The lowest BCUT2D eigenvalue weighted by molar-refractivity contribution is 0.0964. The fourth-order valence-electron chi connectivity index (χ4n) is 3.19. The van der Waals surface area contributed by atoms with Crippen molar-refractivity contribution < 1.29 is 14.2 Å². The number of halogens is 1. The molecule has 3 heteroatoms. The largest absolute Gasteiger partial charge is 0.496 e. The van der Waals surface area contributed by atoms with E-state index in [1.807, 2.05) is 12.1 Å². The molecular formula is C18H19FO2. The van der Waals surface area contributed by atoms with Crippen LogP contribution in [0.15, 0.2) is 42.5 Å². The van der Waals surface area contributed by atoms with Crippen LogP contribution in [0, 0.1) is 11.7 Å². The minimum absolute atomic E-state index is 0.0931. The lowest BCUT2D eigenvalue weighted by atomic mass is 9.79. The van der Waals surface area contributed by atoms with Gasteiger partial charge in [-0.3, -0.25) is 0 Å². The first-order chi connectivity index (χ1) is 10.2. The summed E-state index contributed by atoms with van der Waals surface area (Å²) in [5.41, 5.74) is 3.18. The normalized spacial score (nSPS) is 18.9. The van der Waals surface area contributed by atoms with Gasteiger partial charge in [-0.15, -0.1) is 0 Å². The molecule has 0 spiro atoms. The molecule has 0 amide bonds. The van der Waals surface area contributed by atoms with E-state index >= 15 is 0 Å². The molecule has 0 aromatic heterocycles. The number of aryl methyl sites for hydroxylation is 1. The third-order valence-corrected chi connectivity index (χ3v) is 4.34. The molecule has 1 aliphatic carbocycles. The zero-order valence-corrected chi connectivity index (χ0v) is 12.1. The minimum Gasteiger partial charge on any atom is -0.496 e. The molecule has 2 nitrogen and oxygen atoms in total. The van der Waals surface area contributed by atoms with E-state index in [0.717, 1.165) is 19.3 Å². The second kappa shape index (κ2) is 5.86. The predicted octanol–water partition coefficient (Wildman–Crippen LogP) is 3.67. The van der Waals surface area contributed by atoms with Crippen molar-refractivity contribution in [2.75, 3.05) is 7.11 Å². The first-order valence-electron chi connectivity index (χ1n) is 7.27. The molecule has 1 N–H and O–H groups in total. The van der Waals surface area contributed by atoms with E-state index in [1.54, 1.807) is 13.2 Å². The lowest BCUT2D eigenvalue weighted by Gasteiger charge is -2.29. The second-order valence-corrected chi connectivity index (χ2v) is 5.60. The van der Waals surface area contributed by atoms with Crippen LogP contribution in [-0.2, 0) is 12.8 Å². The maximum Gasteiger partial charge on any atom is 0.124 e. The molecule has 0 saturated heterocycles. The van der Waals surface area contributed by atoms with E-state index in [-0.39, 0.29) is 11.7 Å². The van der Waals surface area contributed by atoms with Gasteiger partial charge in [-0.25, -0.2) is 4.39 Å². The number of aliphatic hydroxyl groups excluding tert-OH is 1. The molecular weight excluding hydrogens is 267 g/mol. The quantitative estimate of drug-likeness (QED) is 0.932. The van der Waals surface area contributed by atoms with Gasteiger partial charge in [0.1, 0.15) is 11.6 Å². The summed E-state index contributed by atoms with van der Waals surface area (Å²) in [6, 6.07) is 12.6. The van der Waals surface area contributed by atoms with Crippen LogP contribution in [0.5, 0.6) is 5.75 Å². The van der Waals surface area contributed by atoms with Crippen LogP contribution in [0.25, 0.3) is 0 Å². The Morgan fingerprint density at radius 3 is 2.71 bits per heavy atom. The highest BCUT2D eigenvalue weighted by atomic mass is 19.1. The summed E-state index contributed by atoms with van der Waals surface area (Å²) in [5, 5.41) is 10.7. The Hall–Kier alpha value is -1.87. The van der Waals surface area contributed by atoms with Crippen LogP contribution >= 0.6 is 0 Å². The zero-order valence-electron chi connectivity index (χ0n) is 12.1. The van der Waals surface area contributed by atoms with E-state index in [1.165, 1.54) is 23.3 Å². The Labute approximate surface area is 124 Å². The molecule has 21 heavy (non-hydrogen) atoms. The lowest BCUT2D eigenvalue weighted by Crippen LogP contribution is -2.21. The summed E-state index contributed by atoms with van der Waals surface area (Å²) in [5.74, 6) is 0.291. The first kappa shape index (κ1) is 14.1. The van der Waals surface area contributed by atoms with Crippen molar-refractivity contribution in [1.82, 2.24) is 0 Å². The maximum atomic E-state index is 13.5. The summed E-state index contributed by atoms with van der Waals surface area (Å²) in [6.07, 6.45) is 1.97. The first-order valence-corrected chi connectivity index (χ1v) is 7.27. The van der Waals surface area contributed by atoms with Gasteiger partial charge in [-0.1, -0.05) is 24.3 Å². The van der Waals surface area contributed by atoms with Gasteiger partial charge in [-0.2, -0.15) is 0 Å². The van der Waals surface area contributed by atoms with E-state index in [0.29, 0.717) is 11.3 Å². The molecule has 1 aliphatic rings. The number of methoxy groups -OCH3 is 1. The van der Waals surface area contributed by atoms with Gasteiger partial charge >= 0.3 is 0 Å². The zero-order chi connectivity index (χ0) is 14.8. The Morgan fingerprint density at radius 2 is 1.95 bits per heavy atom. The molecule has 0 radical (unpaired) electrons. The molecule has 2 unspecified atom stereocenters. The van der Waals surface area contributed by atoms with E-state index in [9.17, 15) is 9.50 Å². The summed E-state index contributed by atoms with van der Waals surface area (Å²) in [4.78, 5) is 0. The Bertz CT molecular complexity index is 639. The average Bonchev–Trinajstić information content (AvgIpc) is 2.53. The van der Waals surface area contributed by atoms with Crippen LogP contribution < -0.4 is 4.74 Å². The standard InChI is InChI=1S/C18H19FO2/c1-21-17-9-8-15(19)11-16(17)18(20)14-7-6-12-4-2-3-5-13(12)10-14/h2-5,8-9,11,14,18,20H,6-7,10H2,1H3. The molecule has 2 aromatic carbocycles. The SMILES string of the molecule is COc1ccc(F)cc1C(O)C1CCc2ccccc2C1. The molecule has 2 aromatic rings. The van der Waals surface area contributed by atoms with Gasteiger partial charge in [0.2, 0.25) is 0 Å². The third kappa shape index (κ3) is 2.79.